The quantitative estimate of drug-likeness (QED) is 0.820. The van der Waals surface area contributed by atoms with Gasteiger partial charge in [0.15, 0.2) is 0 Å². The predicted octanol–water partition coefficient (Wildman–Crippen LogP) is 3.90. The van der Waals surface area contributed by atoms with Crippen molar-refractivity contribution in [3.63, 3.8) is 0 Å². The topological polar surface area (TPSA) is 20.2 Å². The molecule has 2 rings (SSSR count). The summed E-state index contributed by atoms with van der Waals surface area (Å²) in [6.07, 6.45) is 6.03. The first-order chi connectivity index (χ1) is 7.27. The maximum absolute atomic E-state index is 10.3. The summed E-state index contributed by atoms with van der Waals surface area (Å²) in [7, 11) is 0. The molecule has 0 bridgehead atoms. The largest absolute Gasteiger partial charge is 0.388 e. The van der Waals surface area contributed by atoms with Crippen molar-refractivity contribution in [1.29, 1.82) is 0 Å². The molecule has 1 unspecified atom stereocenters. The van der Waals surface area contributed by atoms with Gasteiger partial charge in [-0.15, -0.1) is 0 Å². The minimum Gasteiger partial charge on any atom is -0.388 e. The second-order valence-corrected chi connectivity index (χ2v) is 5.64. The summed E-state index contributed by atoms with van der Waals surface area (Å²) >= 11 is 2.30. The lowest BCUT2D eigenvalue weighted by Crippen LogP contribution is -2.15. The highest BCUT2D eigenvalue weighted by Crippen LogP contribution is 2.34. The van der Waals surface area contributed by atoms with Crippen LogP contribution in [0.1, 0.15) is 43.8 Å². The molecule has 1 aromatic rings. The first kappa shape index (κ1) is 11.4. The van der Waals surface area contributed by atoms with E-state index in [2.05, 4.69) is 34.7 Å². The van der Waals surface area contributed by atoms with E-state index in [9.17, 15) is 5.11 Å². The van der Waals surface area contributed by atoms with Crippen LogP contribution in [-0.2, 0) is 0 Å². The molecule has 1 nitrogen and oxygen atoms in total. The molecule has 2 heteroatoms. The average Bonchev–Trinajstić information content (AvgIpc) is 2.29. The Labute approximate surface area is 105 Å². The molecule has 1 fully saturated rings. The Morgan fingerprint density at radius 1 is 1.20 bits per heavy atom. The zero-order valence-electron chi connectivity index (χ0n) is 8.82. The number of benzene rings is 1. The van der Waals surface area contributed by atoms with Gasteiger partial charge in [-0.25, -0.2) is 0 Å². The first-order valence-corrected chi connectivity index (χ1v) is 6.79. The highest BCUT2D eigenvalue weighted by atomic mass is 127. The number of rotatable bonds is 2. The number of hydrogen-bond donors (Lipinski definition) is 1. The summed E-state index contributed by atoms with van der Waals surface area (Å²) in [5, 5.41) is 10.3. The molecule has 0 radical (unpaired) electrons. The molecule has 0 saturated heterocycles. The average molecular weight is 316 g/mol. The fraction of sp³-hybridized carbons (Fsp3) is 0.538. The van der Waals surface area contributed by atoms with E-state index in [0.29, 0.717) is 5.92 Å². The van der Waals surface area contributed by atoms with E-state index in [0.717, 1.165) is 5.56 Å². The Morgan fingerprint density at radius 2 is 1.93 bits per heavy atom. The Kier molecular flexibility index (Phi) is 4.03. The van der Waals surface area contributed by atoms with Gasteiger partial charge in [-0.05, 0) is 59.0 Å². The van der Waals surface area contributed by atoms with Gasteiger partial charge >= 0.3 is 0 Å². The van der Waals surface area contributed by atoms with E-state index in [1.54, 1.807) is 0 Å². The van der Waals surface area contributed by atoms with Crippen LogP contribution in [0.5, 0.6) is 0 Å². The van der Waals surface area contributed by atoms with Gasteiger partial charge in [0.05, 0.1) is 6.10 Å². The van der Waals surface area contributed by atoms with Crippen molar-refractivity contribution in [1.82, 2.24) is 0 Å². The van der Waals surface area contributed by atoms with Crippen molar-refractivity contribution < 1.29 is 5.11 Å². The van der Waals surface area contributed by atoms with Crippen molar-refractivity contribution in [3.05, 3.63) is 33.4 Å². The predicted molar refractivity (Wildman–Crippen MR) is 70.7 cm³/mol. The van der Waals surface area contributed by atoms with E-state index in [-0.39, 0.29) is 6.10 Å². The van der Waals surface area contributed by atoms with Crippen LogP contribution >= 0.6 is 22.6 Å². The van der Waals surface area contributed by atoms with Crippen LogP contribution in [0.2, 0.25) is 0 Å². The van der Waals surface area contributed by atoms with Crippen molar-refractivity contribution in [2.45, 2.75) is 38.2 Å². The van der Waals surface area contributed by atoms with Gasteiger partial charge in [0.2, 0.25) is 0 Å². The van der Waals surface area contributed by atoms with Gasteiger partial charge in [-0.3, -0.25) is 0 Å². The molecule has 0 aliphatic heterocycles. The smallest absolute Gasteiger partial charge is 0.0818 e. The highest BCUT2D eigenvalue weighted by Gasteiger charge is 2.22. The normalized spacial score (nSPS) is 20.1. The zero-order valence-corrected chi connectivity index (χ0v) is 11.0. The van der Waals surface area contributed by atoms with E-state index < -0.39 is 0 Å². The van der Waals surface area contributed by atoms with E-state index in [1.807, 2.05) is 12.1 Å². The maximum atomic E-state index is 10.3. The lowest BCUT2D eigenvalue weighted by Gasteiger charge is -2.26. The number of halogens is 1. The van der Waals surface area contributed by atoms with E-state index in [4.69, 9.17) is 0 Å². The standard InChI is InChI=1S/C13H17IO/c14-12-8-4-7-11(9-12)13(15)10-5-2-1-3-6-10/h4,7-10,13,15H,1-3,5-6H2. The number of hydrogen-bond acceptors (Lipinski definition) is 1. The fourth-order valence-electron chi connectivity index (χ4n) is 2.41. The Morgan fingerprint density at radius 3 is 2.60 bits per heavy atom. The molecule has 1 atom stereocenters. The van der Waals surface area contributed by atoms with Gasteiger partial charge in [-0.1, -0.05) is 31.4 Å². The van der Waals surface area contributed by atoms with Crippen LogP contribution in [0.15, 0.2) is 24.3 Å². The van der Waals surface area contributed by atoms with Gasteiger partial charge in [0.25, 0.3) is 0 Å². The minimum atomic E-state index is -0.250. The van der Waals surface area contributed by atoms with Crippen molar-refractivity contribution >= 4 is 22.6 Å². The van der Waals surface area contributed by atoms with Crippen LogP contribution < -0.4 is 0 Å². The number of aliphatic hydroxyl groups is 1. The second-order valence-electron chi connectivity index (χ2n) is 4.40. The zero-order chi connectivity index (χ0) is 10.7. The lowest BCUT2D eigenvalue weighted by molar-refractivity contribution is 0.0848. The van der Waals surface area contributed by atoms with Gasteiger partial charge < -0.3 is 5.11 Å². The summed E-state index contributed by atoms with van der Waals surface area (Å²) in [5.74, 6) is 0.483. The Hall–Kier alpha value is -0.0900. The summed E-state index contributed by atoms with van der Waals surface area (Å²) in [4.78, 5) is 0. The van der Waals surface area contributed by atoms with E-state index in [1.165, 1.54) is 35.7 Å². The number of aliphatic hydroxyl groups excluding tert-OH is 1. The molecule has 1 N–H and O–H groups in total. The summed E-state index contributed by atoms with van der Waals surface area (Å²) in [5.41, 5.74) is 1.09. The van der Waals surface area contributed by atoms with Crippen LogP contribution in [0, 0.1) is 9.49 Å². The molecule has 15 heavy (non-hydrogen) atoms. The first-order valence-electron chi connectivity index (χ1n) is 5.71. The van der Waals surface area contributed by atoms with Gasteiger partial charge in [-0.2, -0.15) is 0 Å². The molecule has 1 saturated carbocycles. The molecule has 82 valence electrons. The third kappa shape index (κ3) is 2.94. The molecule has 0 amide bonds. The summed E-state index contributed by atoms with van der Waals surface area (Å²) in [6, 6.07) is 8.24. The molecule has 1 aliphatic carbocycles. The van der Waals surface area contributed by atoms with Gasteiger partial charge in [0.1, 0.15) is 0 Å². The molecular weight excluding hydrogens is 299 g/mol. The Bertz CT molecular complexity index is 318. The summed E-state index contributed by atoms with van der Waals surface area (Å²) < 4.78 is 1.21. The molecule has 1 aromatic carbocycles. The third-order valence-corrected chi connectivity index (χ3v) is 3.96. The van der Waals surface area contributed by atoms with Gasteiger partial charge in [0, 0.05) is 3.57 Å². The molecule has 0 spiro atoms. The van der Waals surface area contributed by atoms with Crippen molar-refractivity contribution in [3.8, 4) is 0 Å². The summed E-state index contributed by atoms with van der Waals surface area (Å²) in [6.45, 7) is 0. The Balaban J connectivity index is 2.08. The van der Waals surface area contributed by atoms with Crippen molar-refractivity contribution in [2.75, 3.05) is 0 Å². The monoisotopic (exact) mass is 316 g/mol. The highest BCUT2D eigenvalue weighted by molar-refractivity contribution is 14.1. The molecular formula is C13H17IO. The molecule has 0 aromatic heterocycles. The van der Waals surface area contributed by atoms with Crippen LogP contribution in [0.4, 0.5) is 0 Å². The fourth-order valence-corrected chi connectivity index (χ4v) is 2.98. The second kappa shape index (κ2) is 5.30. The SMILES string of the molecule is OC(c1cccc(I)c1)C1CCCCC1. The molecule has 0 heterocycles. The van der Waals surface area contributed by atoms with Crippen LogP contribution in [-0.4, -0.2) is 5.11 Å². The lowest BCUT2D eigenvalue weighted by atomic mass is 9.83. The minimum absolute atomic E-state index is 0.250. The van der Waals surface area contributed by atoms with Crippen molar-refractivity contribution in [2.24, 2.45) is 5.92 Å². The molecule has 1 aliphatic rings. The third-order valence-electron chi connectivity index (χ3n) is 3.29. The van der Waals surface area contributed by atoms with Crippen LogP contribution in [0.3, 0.4) is 0 Å². The maximum Gasteiger partial charge on any atom is 0.0818 e. The van der Waals surface area contributed by atoms with Crippen LogP contribution in [0.25, 0.3) is 0 Å². The van der Waals surface area contributed by atoms with E-state index >= 15 is 0 Å².